The van der Waals surface area contributed by atoms with E-state index in [0.717, 1.165) is 30.1 Å². The first-order chi connectivity index (χ1) is 9.10. The molecule has 0 bridgehead atoms. The summed E-state index contributed by atoms with van der Waals surface area (Å²) >= 11 is 0. The second-order valence-corrected chi connectivity index (χ2v) is 5.89. The van der Waals surface area contributed by atoms with Crippen LogP contribution in [0.3, 0.4) is 0 Å². The van der Waals surface area contributed by atoms with Crippen molar-refractivity contribution in [1.82, 2.24) is 4.90 Å². The summed E-state index contributed by atoms with van der Waals surface area (Å²) in [5.74, 6) is 1.05. The van der Waals surface area contributed by atoms with Gasteiger partial charge in [0.1, 0.15) is 0 Å². The molecular formula is C17H25NO. The average molecular weight is 259 g/mol. The summed E-state index contributed by atoms with van der Waals surface area (Å²) in [5, 5.41) is 0. The first-order valence-electron chi connectivity index (χ1n) is 7.43. The molecule has 2 rings (SSSR count). The summed E-state index contributed by atoms with van der Waals surface area (Å²) < 4.78 is 0. The summed E-state index contributed by atoms with van der Waals surface area (Å²) in [6, 6.07) is 6.15. The van der Waals surface area contributed by atoms with Crippen LogP contribution in [-0.4, -0.2) is 30.3 Å². The Bertz CT molecular complexity index is 453. The van der Waals surface area contributed by atoms with Crippen LogP contribution in [0.5, 0.6) is 0 Å². The van der Waals surface area contributed by atoms with Crippen LogP contribution >= 0.6 is 0 Å². The Morgan fingerprint density at radius 3 is 2.89 bits per heavy atom. The number of carbonyl (C=O) groups excluding carboxylic acids is 1. The Morgan fingerprint density at radius 1 is 1.37 bits per heavy atom. The molecule has 1 saturated heterocycles. The van der Waals surface area contributed by atoms with E-state index in [1.54, 1.807) is 0 Å². The van der Waals surface area contributed by atoms with Gasteiger partial charge in [-0.1, -0.05) is 31.0 Å². The highest BCUT2D eigenvalue weighted by Gasteiger charge is 2.21. The van der Waals surface area contributed by atoms with Gasteiger partial charge in [-0.25, -0.2) is 0 Å². The van der Waals surface area contributed by atoms with Crippen LogP contribution in [-0.2, 0) is 0 Å². The second-order valence-electron chi connectivity index (χ2n) is 5.89. The maximum Gasteiger partial charge on any atom is 0.177 e. The molecule has 1 aliphatic heterocycles. The molecule has 1 unspecified atom stereocenters. The molecule has 0 radical (unpaired) electrons. The van der Waals surface area contributed by atoms with E-state index in [9.17, 15) is 4.79 Å². The summed E-state index contributed by atoms with van der Waals surface area (Å²) in [5.41, 5.74) is 3.16. The number of hydrogen-bond donors (Lipinski definition) is 0. The molecule has 0 N–H and O–H groups in total. The summed E-state index contributed by atoms with van der Waals surface area (Å²) in [7, 11) is 0. The largest absolute Gasteiger partial charge is 0.296 e. The molecule has 1 atom stereocenters. The van der Waals surface area contributed by atoms with Crippen molar-refractivity contribution < 1.29 is 4.79 Å². The minimum Gasteiger partial charge on any atom is -0.296 e. The molecular weight excluding hydrogens is 234 g/mol. The molecule has 1 aromatic carbocycles. The van der Waals surface area contributed by atoms with E-state index < -0.39 is 0 Å². The Morgan fingerprint density at radius 2 is 2.16 bits per heavy atom. The number of benzene rings is 1. The molecule has 1 heterocycles. The van der Waals surface area contributed by atoms with Crippen LogP contribution in [0.25, 0.3) is 0 Å². The predicted molar refractivity (Wildman–Crippen MR) is 79.7 cm³/mol. The quantitative estimate of drug-likeness (QED) is 0.770. The van der Waals surface area contributed by atoms with E-state index in [0.29, 0.717) is 6.54 Å². The van der Waals surface area contributed by atoms with Gasteiger partial charge in [-0.05, 0) is 50.8 Å². The first kappa shape index (κ1) is 14.3. The van der Waals surface area contributed by atoms with Gasteiger partial charge < -0.3 is 0 Å². The van der Waals surface area contributed by atoms with Crippen LogP contribution < -0.4 is 0 Å². The second kappa shape index (κ2) is 6.33. The fraction of sp³-hybridized carbons (Fsp3) is 0.588. The topological polar surface area (TPSA) is 20.3 Å². The van der Waals surface area contributed by atoms with Crippen molar-refractivity contribution in [3.63, 3.8) is 0 Å². The average Bonchev–Trinajstić information content (AvgIpc) is 2.41. The van der Waals surface area contributed by atoms with Crippen molar-refractivity contribution in [2.24, 2.45) is 5.92 Å². The Kier molecular flexibility index (Phi) is 4.76. The lowest BCUT2D eigenvalue weighted by Gasteiger charge is -2.31. The lowest BCUT2D eigenvalue weighted by atomic mass is 9.95. The number of likely N-dealkylation sites (tertiary alicyclic amines) is 1. The van der Waals surface area contributed by atoms with Crippen molar-refractivity contribution in [3.8, 4) is 0 Å². The summed E-state index contributed by atoms with van der Waals surface area (Å²) in [4.78, 5) is 14.8. The number of nitrogens with zero attached hydrogens (tertiary/aromatic N) is 1. The third-order valence-electron chi connectivity index (χ3n) is 4.24. The molecule has 1 aromatic rings. The number of aryl methyl sites for hydroxylation is 2. The third-order valence-corrected chi connectivity index (χ3v) is 4.24. The highest BCUT2D eigenvalue weighted by atomic mass is 16.1. The van der Waals surface area contributed by atoms with Crippen LogP contribution in [0.4, 0.5) is 0 Å². The molecule has 0 saturated carbocycles. The zero-order valence-electron chi connectivity index (χ0n) is 12.4. The predicted octanol–water partition coefficient (Wildman–Crippen LogP) is 3.61. The van der Waals surface area contributed by atoms with E-state index in [4.69, 9.17) is 0 Å². The lowest BCUT2D eigenvalue weighted by molar-refractivity contribution is 0.0884. The van der Waals surface area contributed by atoms with Gasteiger partial charge >= 0.3 is 0 Å². The first-order valence-corrected chi connectivity index (χ1v) is 7.43. The van der Waals surface area contributed by atoms with Crippen molar-refractivity contribution in [2.75, 3.05) is 19.6 Å². The van der Waals surface area contributed by atoms with E-state index >= 15 is 0 Å². The highest BCUT2D eigenvalue weighted by Crippen LogP contribution is 2.20. The zero-order chi connectivity index (χ0) is 13.8. The van der Waals surface area contributed by atoms with Gasteiger partial charge in [0.05, 0.1) is 6.54 Å². The lowest BCUT2D eigenvalue weighted by Crippen LogP contribution is -2.38. The van der Waals surface area contributed by atoms with Gasteiger partial charge in [0, 0.05) is 12.1 Å². The molecule has 104 valence electrons. The molecule has 1 fully saturated rings. The zero-order valence-corrected chi connectivity index (χ0v) is 12.4. The molecule has 2 heteroatoms. The van der Waals surface area contributed by atoms with Gasteiger partial charge in [0.2, 0.25) is 0 Å². The van der Waals surface area contributed by atoms with Crippen molar-refractivity contribution in [2.45, 2.75) is 40.0 Å². The molecule has 0 amide bonds. The summed E-state index contributed by atoms with van der Waals surface area (Å²) in [6.07, 6.45) is 3.79. The number of ketones is 1. The molecule has 0 aromatic heterocycles. The number of piperidine rings is 1. The number of hydrogen-bond acceptors (Lipinski definition) is 2. The van der Waals surface area contributed by atoms with Gasteiger partial charge in [0.25, 0.3) is 0 Å². The van der Waals surface area contributed by atoms with Crippen molar-refractivity contribution in [1.29, 1.82) is 0 Å². The summed E-state index contributed by atoms with van der Waals surface area (Å²) in [6.45, 7) is 9.07. The Balaban J connectivity index is 2.02. The smallest absolute Gasteiger partial charge is 0.177 e. The Labute approximate surface area is 116 Å². The highest BCUT2D eigenvalue weighted by molar-refractivity contribution is 5.99. The van der Waals surface area contributed by atoms with Crippen molar-refractivity contribution >= 4 is 5.78 Å². The fourth-order valence-electron chi connectivity index (χ4n) is 2.95. The van der Waals surface area contributed by atoms with Gasteiger partial charge in [-0.15, -0.1) is 0 Å². The fourth-order valence-corrected chi connectivity index (χ4v) is 2.95. The maximum absolute atomic E-state index is 12.4. The molecule has 0 aliphatic carbocycles. The van der Waals surface area contributed by atoms with E-state index in [-0.39, 0.29) is 5.78 Å². The number of Topliss-reactive ketones (excluding diaryl/α,β-unsaturated/α-hetero) is 1. The van der Waals surface area contributed by atoms with Gasteiger partial charge in [-0.3, -0.25) is 9.69 Å². The van der Waals surface area contributed by atoms with Crippen molar-refractivity contribution in [3.05, 3.63) is 34.9 Å². The number of carbonyl (C=O) groups is 1. The van der Waals surface area contributed by atoms with Gasteiger partial charge in [0.15, 0.2) is 5.78 Å². The normalized spacial score (nSPS) is 20.5. The standard InChI is InChI=1S/C17H25NO/c1-4-15-6-5-9-18(11-15)12-17(19)16-10-13(2)7-8-14(16)3/h7-8,10,15H,4-6,9,11-12H2,1-3H3. The van der Waals surface area contributed by atoms with Crippen LogP contribution in [0.15, 0.2) is 18.2 Å². The van der Waals surface area contributed by atoms with Crippen LogP contribution in [0.1, 0.15) is 47.7 Å². The number of rotatable bonds is 4. The van der Waals surface area contributed by atoms with E-state index in [1.165, 1.54) is 24.8 Å². The molecule has 2 nitrogen and oxygen atoms in total. The van der Waals surface area contributed by atoms with E-state index in [2.05, 4.69) is 17.9 Å². The minimum absolute atomic E-state index is 0.276. The molecule has 0 spiro atoms. The third kappa shape index (κ3) is 3.66. The maximum atomic E-state index is 12.4. The molecule has 1 aliphatic rings. The van der Waals surface area contributed by atoms with Gasteiger partial charge in [-0.2, -0.15) is 0 Å². The van der Waals surface area contributed by atoms with Crippen LogP contribution in [0, 0.1) is 19.8 Å². The van der Waals surface area contributed by atoms with E-state index in [1.807, 2.05) is 26.0 Å². The molecule has 19 heavy (non-hydrogen) atoms. The SMILES string of the molecule is CCC1CCCN(CC(=O)c2cc(C)ccc2C)C1. The monoisotopic (exact) mass is 259 g/mol. The minimum atomic E-state index is 0.276. The Hall–Kier alpha value is -1.15. The van der Waals surface area contributed by atoms with Crippen LogP contribution in [0.2, 0.25) is 0 Å².